The van der Waals surface area contributed by atoms with E-state index in [0.29, 0.717) is 0 Å². The van der Waals surface area contributed by atoms with Crippen molar-refractivity contribution in [2.45, 2.75) is 13.3 Å². The van der Waals surface area contributed by atoms with E-state index >= 15 is 0 Å². The molecule has 0 atom stereocenters. The predicted molar refractivity (Wildman–Crippen MR) is 96.6 cm³/mol. The van der Waals surface area contributed by atoms with Crippen LogP contribution in [0.25, 0.3) is 10.6 Å². The number of nitrogens with one attached hydrogen (secondary N) is 1. The highest BCUT2D eigenvalue weighted by molar-refractivity contribution is 9.10. The Morgan fingerprint density at radius 1 is 1.32 bits per heavy atom. The van der Waals surface area contributed by atoms with E-state index in [9.17, 15) is 4.79 Å². The van der Waals surface area contributed by atoms with Crippen LogP contribution in [0.4, 0.5) is 5.69 Å². The molecule has 1 aromatic carbocycles. The van der Waals surface area contributed by atoms with Crippen molar-refractivity contribution in [3.63, 3.8) is 0 Å². The Bertz CT molecular complexity index is 796. The summed E-state index contributed by atoms with van der Waals surface area (Å²) in [5.74, 6) is -0.0485. The lowest BCUT2D eigenvalue weighted by Gasteiger charge is -2.07. The Balaban J connectivity index is 1.67. The summed E-state index contributed by atoms with van der Waals surface area (Å²) < 4.78 is 1.00. The fourth-order valence-corrected chi connectivity index (χ4v) is 4.04. The number of rotatable bonds is 4. The van der Waals surface area contributed by atoms with Gasteiger partial charge in [-0.05, 0) is 42.1 Å². The fraction of sp³-hybridized carbons (Fsp3) is 0.125. The quantitative estimate of drug-likeness (QED) is 0.668. The zero-order valence-corrected chi connectivity index (χ0v) is 15.0. The standard InChI is InChI=1S/C16H13BrN2OS2/c1-10-6-12(17)2-3-14(10)19-15(20)7-13-9-22-16(18-13)11-4-5-21-8-11/h2-6,8-9H,7H2,1H3,(H,19,20). The molecule has 2 aromatic heterocycles. The lowest BCUT2D eigenvalue weighted by atomic mass is 10.2. The second-order valence-corrected chi connectivity index (χ2v) is 7.39. The van der Waals surface area contributed by atoms with Gasteiger partial charge in [-0.15, -0.1) is 11.3 Å². The third-order valence-corrected chi connectivity index (χ3v) is 5.24. The number of amides is 1. The maximum absolute atomic E-state index is 12.2. The molecule has 0 aliphatic heterocycles. The van der Waals surface area contributed by atoms with Crippen LogP contribution in [0.3, 0.4) is 0 Å². The van der Waals surface area contributed by atoms with Gasteiger partial charge >= 0.3 is 0 Å². The van der Waals surface area contributed by atoms with E-state index in [4.69, 9.17) is 0 Å². The maximum Gasteiger partial charge on any atom is 0.230 e. The molecule has 0 saturated carbocycles. The van der Waals surface area contributed by atoms with Crippen LogP contribution < -0.4 is 5.32 Å². The Kier molecular flexibility index (Phi) is 4.71. The molecule has 0 fully saturated rings. The Labute approximate surface area is 145 Å². The van der Waals surface area contributed by atoms with E-state index < -0.39 is 0 Å². The minimum atomic E-state index is -0.0485. The first-order valence-corrected chi connectivity index (χ1v) is 9.26. The van der Waals surface area contributed by atoms with Crippen LogP contribution >= 0.6 is 38.6 Å². The van der Waals surface area contributed by atoms with Crippen LogP contribution in [-0.4, -0.2) is 10.9 Å². The van der Waals surface area contributed by atoms with E-state index in [0.717, 1.165) is 32.0 Å². The van der Waals surface area contributed by atoms with Crippen molar-refractivity contribution in [2.24, 2.45) is 0 Å². The minimum absolute atomic E-state index is 0.0485. The van der Waals surface area contributed by atoms with Crippen molar-refractivity contribution in [1.82, 2.24) is 4.98 Å². The first-order valence-electron chi connectivity index (χ1n) is 6.65. The average Bonchev–Trinajstić information content (AvgIpc) is 3.12. The molecule has 0 saturated heterocycles. The Morgan fingerprint density at radius 3 is 2.91 bits per heavy atom. The number of thiophene rings is 1. The summed E-state index contributed by atoms with van der Waals surface area (Å²) in [6.45, 7) is 1.97. The molecule has 0 unspecified atom stereocenters. The SMILES string of the molecule is Cc1cc(Br)ccc1NC(=O)Cc1csc(-c2ccsc2)n1. The number of carbonyl (C=O) groups excluding carboxylic acids is 1. The van der Waals surface area contributed by atoms with Crippen molar-refractivity contribution >= 4 is 50.2 Å². The largest absolute Gasteiger partial charge is 0.326 e. The molecule has 3 aromatic rings. The number of aromatic nitrogens is 1. The molecule has 3 nitrogen and oxygen atoms in total. The van der Waals surface area contributed by atoms with E-state index in [-0.39, 0.29) is 12.3 Å². The van der Waals surface area contributed by atoms with Crippen LogP contribution in [0, 0.1) is 6.92 Å². The van der Waals surface area contributed by atoms with Gasteiger partial charge in [0.2, 0.25) is 5.91 Å². The fourth-order valence-electron chi connectivity index (χ4n) is 2.03. The molecule has 1 amide bonds. The highest BCUT2D eigenvalue weighted by atomic mass is 79.9. The number of hydrogen-bond acceptors (Lipinski definition) is 4. The predicted octanol–water partition coefficient (Wildman–Crippen LogP) is 5.12. The number of halogens is 1. The molecular formula is C16H13BrN2OS2. The third kappa shape index (κ3) is 3.63. The summed E-state index contributed by atoms with van der Waals surface area (Å²) >= 11 is 6.63. The van der Waals surface area contributed by atoms with Crippen LogP contribution in [0.1, 0.15) is 11.3 Å². The number of thiazole rings is 1. The summed E-state index contributed by atoms with van der Waals surface area (Å²) in [4.78, 5) is 16.7. The zero-order chi connectivity index (χ0) is 15.5. The lowest BCUT2D eigenvalue weighted by molar-refractivity contribution is -0.115. The maximum atomic E-state index is 12.2. The molecule has 1 N–H and O–H groups in total. The van der Waals surface area contributed by atoms with Gasteiger partial charge in [0.25, 0.3) is 0 Å². The van der Waals surface area contributed by atoms with Crippen molar-refractivity contribution in [1.29, 1.82) is 0 Å². The number of carbonyl (C=O) groups is 1. The van der Waals surface area contributed by atoms with E-state index in [2.05, 4.69) is 31.6 Å². The van der Waals surface area contributed by atoms with Gasteiger partial charge in [-0.1, -0.05) is 15.9 Å². The van der Waals surface area contributed by atoms with Gasteiger partial charge < -0.3 is 5.32 Å². The van der Waals surface area contributed by atoms with Gasteiger partial charge in [-0.3, -0.25) is 4.79 Å². The number of benzene rings is 1. The van der Waals surface area contributed by atoms with Crippen LogP contribution in [-0.2, 0) is 11.2 Å². The summed E-state index contributed by atoms with van der Waals surface area (Å²) in [5, 5.41) is 9.93. The third-order valence-electron chi connectivity index (χ3n) is 3.12. The van der Waals surface area contributed by atoms with Crippen LogP contribution in [0.5, 0.6) is 0 Å². The summed E-state index contributed by atoms with van der Waals surface area (Å²) in [5.41, 5.74) is 3.78. The van der Waals surface area contributed by atoms with Crippen molar-refractivity contribution < 1.29 is 4.79 Å². The van der Waals surface area contributed by atoms with Crippen molar-refractivity contribution in [3.05, 3.63) is 56.1 Å². The Morgan fingerprint density at radius 2 is 2.18 bits per heavy atom. The zero-order valence-electron chi connectivity index (χ0n) is 11.8. The van der Waals surface area contributed by atoms with Gasteiger partial charge in [0.05, 0.1) is 12.1 Å². The smallest absolute Gasteiger partial charge is 0.230 e. The van der Waals surface area contributed by atoms with Crippen molar-refractivity contribution in [2.75, 3.05) is 5.32 Å². The van der Waals surface area contributed by atoms with E-state index in [1.807, 2.05) is 41.9 Å². The van der Waals surface area contributed by atoms with Crippen LogP contribution in [0.15, 0.2) is 44.9 Å². The van der Waals surface area contributed by atoms with Crippen molar-refractivity contribution in [3.8, 4) is 10.6 Å². The molecule has 0 spiro atoms. The monoisotopic (exact) mass is 392 g/mol. The average molecular weight is 393 g/mol. The van der Waals surface area contributed by atoms with Gasteiger partial charge in [0.15, 0.2) is 0 Å². The minimum Gasteiger partial charge on any atom is -0.326 e. The van der Waals surface area contributed by atoms with Gasteiger partial charge in [-0.2, -0.15) is 11.3 Å². The topological polar surface area (TPSA) is 42.0 Å². The summed E-state index contributed by atoms with van der Waals surface area (Å²) in [7, 11) is 0. The highest BCUT2D eigenvalue weighted by Gasteiger charge is 2.10. The molecule has 112 valence electrons. The number of anilines is 1. The van der Waals surface area contributed by atoms with Gasteiger partial charge in [-0.25, -0.2) is 4.98 Å². The molecule has 6 heteroatoms. The van der Waals surface area contributed by atoms with E-state index in [1.165, 1.54) is 0 Å². The Hall–Kier alpha value is -1.50. The first-order chi connectivity index (χ1) is 10.6. The van der Waals surface area contributed by atoms with Gasteiger partial charge in [0, 0.05) is 26.5 Å². The number of aryl methyl sites for hydroxylation is 1. The second-order valence-electron chi connectivity index (χ2n) is 4.84. The first kappa shape index (κ1) is 15.4. The lowest BCUT2D eigenvalue weighted by Crippen LogP contribution is -2.15. The summed E-state index contributed by atoms with van der Waals surface area (Å²) in [6.07, 6.45) is 0.288. The number of hydrogen-bond donors (Lipinski definition) is 1. The van der Waals surface area contributed by atoms with E-state index in [1.54, 1.807) is 22.7 Å². The molecule has 0 bridgehead atoms. The molecular weight excluding hydrogens is 380 g/mol. The van der Waals surface area contributed by atoms with Gasteiger partial charge in [0.1, 0.15) is 5.01 Å². The van der Waals surface area contributed by atoms with Crippen LogP contribution in [0.2, 0.25) is 0 Å². The molecule has 0 aliphatic rings. The molecule has 0 aliphatic carbocycles. The highest BCUT2D eigenvalue weighted by Crippen LogP contribution is 2.26. The number of nitrogens with zero attached hydrogens (tertiary/aromatic N) is 1. The second kappa shape index (κ2) is 6.73. The normalized spacial score (nSPS) is 10.6. The molecule has 0 radical (unpaired) electrons. The molecule has 22 heavy (non-hydrogen) atoms. The molecule has 2 heterocycles. The summed E-state index contributed by atoms with van der Waals surface area (Å²) in [6, 6.07) is 7.83. The molecule has 3 rings (SSSR count).